The van der Waals surface area contributed by atoms with Crippen molar-refractivity contribution in [2.24, 2.45) is 0 Å². The summed E-state index contributed by atoms with van der Waals surface area (Å²) in [5, 5.41) is 0. The maximum absolute atomic E-state index is 13.6. The third-order valence-electron chi connectivity index (χ3n) is 2.85. The van der Waals surface area contributed by atoms with Crippen LogP contribution in [0.2, 0.25) is 0 Å². The minimum atomic E-state index is -0.662. The molecule has 6 heteroatoms. The molecule has 19 heavy (non-hydrogen) atoms. The van der Waals surface area contributed by atoms with Crippen LogP contribution in [0, 0.1) is 11.6 Å². The van der Waals surface area contributed by atoms with Gasteiger partial charge in [0.2, 0.25) is 0 Å². The van der Waals surface area contributed by atoms with Crippen molar-refractivity contribution in [3.8, 4) is 0 Å². The summed E-state index contributed by atoms with van der Waals surface area (Å²) in [4.78, 5) is 4.12. The summed E-state index contributed by atoms with van der Waals surface area (Å²) in [7, 11) is 0. The summed E-state index contributed by atoms with van der Waals surface area (Å²) in [6.45, 7) is 3.73. The molecule has 0 unspecified atom stereocenters. The van der Waals surface area contributed by atoms with E-state index in [9.17, 15) is 8.78 Å². The Morgan fingerprint density at radius 1 is 1.37 bits per heavy atom. The zero-order valence-corrected chi connectivity index (χ0v) is 11.4. The first-order chi connectivity index (χ1) is 9.17. The Bertz CT molecular complexity index is 571. The molecule has 0 fully saturated rings. The van der Waals surface area contributed by atoms with Crippen molar-refractivity contribution in [2.75, 3.05) is 13.2 Å². The maximum atomic E-state index is 13.6. The lowest BCUT2D eigenvalue weighted by molar-refractivity contribution is 0.142. The van der Waals surface area contributed by atoms with Gasteiger partial charge in [-0.25, -0.2) is 13.8 Å². The predicted molar refractivity (Wildman–Crippen MR) is 70.3 cm³/mol. The van der Waals surface area contributed by atoms with Gasteiger partial charge in [-0.2, -0.15) is 0 Å². The Labute approximate surface area is 115 Å². The second-order valence-electron chi connectivity index (χ2n) is 4.12. The smallest absolute Gasteiger partial charge is 0.153 e. The number of aromatic nitrogens is 2. The summed E-state index contributed by atoms with van der Waals surface area (Å²) in [5.74, 6) is -0.579. The van der Waals surface area contributed by atoms with E-state index in [2.05, 4.69) is 4.98 Å². The molecule has 0 spiro atoms. The molecule has 0 aliphatic rings. The van der Waals surface area contributed by atoms with E-state index in [4.69, 9.17) is 16.3 Å². The number of hydrogen-bond donors (Lipinski definition) is 0. The third kappa shape index (κ3) is 3.04. The summed E-state index contributed by atoms with van der Waals surface area (Å²) in [5.41, 5.74) is 0.595. The van der Waals surface area contributed by atoms with Crippen molar-refractivity contribution >= 4 is 22.6 Å². The number of rotatable bonds is 6. The first-order valence-electron chi connectivity index (χ1n) is 6.15. The molecule has 2 aromatic rings. The monoisotopic (exact) mass is 288 g/mol. The van der Waals surface area contributed by atoms with Crippen LogP contribution in [-0.2, 0) is 17.2 Å². The van der Waals surface area contributed by atoms with E-state index in [1.54, 1.807) is 4.57 Å². The normalized spacial score (nSPS) is 11.4. The second kappa shape index (κ2) is 6.30. The van der Waals surface area contributed by atoms with Crippen molar-refractivity contribution in [3.63, 3.8) is 0 Å². The van der Waals surface area contributed by atoms with Gasteiger partial charge in [0.05, 0.1) is 11.4 Å². The minimum absolute atomic E-state index is 0.157. The lowest BCUT2D eigenvalue weighted by atomic mass is 10.3. The quantitative estimate of drug-likeness (QED) is 0.601. The molecule has 0 N–H and O–H groups in total. The SMILES string of the molecule is CCOCCCn1c(CCl)nc2c(F)cc(F)cc21. The number of benzene rings is 1. The van der Waals surface area contributed by atoms with Gasteiger partial charge in [0.15, 0.2) is 5.82 Å². The Morgan fingerprint density at radius 3 is 2.84 bits per heavy atom. The number of fused-ring (bicyclic) bond motifs is 1. The summed E-state index contributed by atoms with van der Waals surface area (Å²) < 4.78 is 33.9. The highest BCUT2D eigenvalue weighted by Crippen LogP contribution is 2.22. The van der Waals surface area contributed by atoms with Crippen LogP contribution < -0.4 is 0 Å². The van der Waals surface area contributed by atoms with E-state index in [1.807, 2.05) is 6.92 Å². The number of aryl methyl sites for hydroxylation is 1. The number of alkyl halides is 1. The Kier molecular flexibility index (Phi) is 4.71. The standard InChI is InChI=1S/C13H15ClF2N2O/c1-2-19-5-3-4-18-11-7-9(15)6-10(16)13(11)17-12(18)8-14/h6-7H,2-5,8H2,1H3. The van der Waals surface area contributed by atoms with Gasteiger partial charge in [0.25, 0.3) is 0 Å². The number of nitrogens with zero attached hydrogens (tertiary/aromatic N) is 2. The molecule has 0 bridgehead atoms. The van der Waals surface area contributed by atoms with Crippen LogP contribution >= 0.6 is 11.6 Å². The molecular formula is C13H15ClF2N2O. The van der Waals surface area contributed by atoms with Gasteiger partial charge in [-0.1, -0.05) is 0 Å². The van der Waals surface area contributed by atoms with E-state index in [0.717, 1.165) is 12.5 Å². The van der Waals surface area contributed by atoms with Gasteiger partial charge in [-0.15, -0.1) is 11.6 Å². The van der Waals surface area contributed by atoms with Crippen LogP contribution in [0.1, 0.15) is 19.2 Å². The molecule has 1 aromatic heterocycles. The molecule has 0 aliphatic carbocycles. The molecule has 0 atom stereocenters. The van der Waals surface area contributed by atoms with Gasteiger partial charge in [0, 0.05) is 25.8 Å². The van der Waals surface area contributed by atoms with Gasteiger partial charge in [0.1, 0.15) is 17.2 Å². The molecule has 0 amide bonds. The average molecular weight is 289 g/mol. The molecule has 2 rings (SSSR count). The fourth-order valence-electron chi connectivity index (χ4n) is 2.02. The van der Waals surface area contributed by atoms with Crippen molar-refractivity contribution < 1.29 is 13.5 Å². The van der Waals surface area contributed by atoms with E-state index in [-0.39, 0.29) is 11.4 Å². The molecule has 3 nitrogen and oxygen atoms in total. The van der Waals surface area contributed by atoms with Gasteiger partial charge in [-0.3, -0.25) is 0 Å². The Balaban J connectivity index is 2.34. The highest BCUT2D eigenvalue weighted by molar-refractivity contribution is 6.16. The number of hydrogen-bond acceptors (Lipinski definition) is 2. The van der Waals surface area contributed by atoms with Crippen LogP contribution in [0.3, 0.4) is 0 Å². The van der Waals surface area contributed by atoms with Crippen molar-refractivity contribution in [3.05, 3.63) is 29.6 Å². The summed E-state index contributed by atoms with van der Waals surface area (Å²) >= 11 is 5.80. The van der Waals surface area contributed by atoms with Crippen LogP contribution in [-0.4, -0.2) is 22.8 Å². The number of halogens is 3. The van der Waals surface area contributed by atoms with Crippen molar-refractivity contribution in [1.29, 1.82) is 0 Å². The lowest BCUT2D eigenvalue weighted by Gasteiger charge is -2.07. The highest BCUT2D eigenvalue weighted by atomic mass is 35.5. The van der Waals surface area contributed by atoms with E-state index in [1.165, 1.54) is 6.07 Å². The lowest BCUT2D eigenvalue weighted by Crippen LogP contribution is -2.06. The van der Waals surface area contributed by atoms with Crippen LogP contribution in [0.25, 0.3) is 11.0 Å². The first kappa shape index (κ1) is 14.2. The molecule has 0 radical (unpaired) electrons. The molecule has 0 saturated heterocycles. The predicted octanol–water partition coefficient (Wildman–Crippen LogP) is 3.48. The van der Waals surface area contributed by atoms with Crippen LogP contribution in [0.15, 0.2) is 12.1 Å². The first-order valence-corrected chi connectivity index (χ1v) is 6.68. The van der Waals surface area contributed by atoms with E-state index < -0.39 is 11.6 Å². The van der Waals surface area contributed by atoms with Crippen molar-refractivity contribution in [1.82, 2.24) is 9.55 Å². The maximum Gasteiger partial charge on any atom is 0.153 e. The number of ether oxygens (including phenoxy) is 1. The van der Waals surface area contributed by atoms with Crippen LogP contribution in [0.5, 0.6) is 0 Å². The molecule has 104 valence electrons. The largest absolute Gasteiger partial charge is 0.382 e. The molecule has 1 aromatic carbocycles. The molecule has 1 heterocycles. The summed E-state index contributed by atoms with van der Waals surface area (Å²) in [6.07, 6.45) is 0.737. The molecule has 0 saturated carbocycles. The fourth-order valence-corrected chi connectivity index (χ4v) is 2.22. The Morgan fingerprint density at radius 2 is 2.16 bits per heavy atom. The fraction of sp³-hybridized carbons (Fsp3) is 0.462. The average Bonchev–Trinajstić information content (AvgIpc) is 2.73. The third-order valence-corrected chi connectivity index (χ3v) is 3.08. The highest BCUT2D eigenvalue weighted by Gasteiger charge is 2.14. The second-order valence-corrected chi connectivity index (χ2v) is 4.39. The van der Waals surface area contributed by atoms with E-state index in [0.29, 0.717) is 31.1 Å². The zero-order valence-electron chi connectivity index (χ0n) is 10.6. The van der Waals surface area contributed by atoms with Gasteiger partial charge >= 0.3 is 0 Å². The van der Waals surface area contributed by atoms with Crippen molar-refractivity contribution in [2.45, 2.75) is 25.8 Å². The summed E-state index contributed by atoms with van der Waals surface area (Å²) in [6, 6.07) is 2.11. The topological polar surface area (TPSA) is 27.1 Å². The van der Waals surface area contributed by atoms with E-state index >= 15 is 0 Å². The van der Waals surface area contributed by atoms with Crippen LogP contribution in [0.4, 0.5) is 8.78 Å². The molecular weight excluding hydrogens is 274 g/mol. The van der Waals surface area contributed by atoms with Gasteiger partial charge < -0.3 is 9.30 Å². The molecule has 0 aliphatic heterocycles. The Hall–Kier alpha value is -1.20. The number of imidazole rings is 1. The van der Waals surface area contributed by atoms with Gasteiger partial charge in [-0.05, 0) is 19.4 Å². The minimum Gasteiger partial charge on any atom is -0.382 e. The zero-order chi connectivity index (χ0) is 13.8.